The van der Waals surface area contributed by atoms with Crippen LogP contribution in [-0.4, -0.2) is 51.1 Å². The molecule has 0 spiro atoms. The second kappa shape index (κ2) is 28.2. The Morgan fingerprint density at radius 1 is 0.831 bits per heavy atom. The first kappa shape index (κ1) is 49.9. The van der Waals surface area contributed by atoms with Crippen LogP contribution in [-0.2, 0) is 27.7 Å². The lowest BCUT2D eigenvalue weighted by atomic mass is 10.1. The van der Waals surface area contributed by atoms with E-state index in [4.69, 9.17) is 4.52 Å². The molecule has 0 atom stereocenters. The van der Waals surface area contributed by atoms with Gasteiger partial charge in [0.25, 0.3) is 15.9 Å². The predicted octanol–water partition coefficient (Wildman–Crippen LogP) is 11.6. The summed E-state index contributed by atoms with van der Waals surface area (Å²) in [6.07, 6.45) is 17.1. The topological polar surface area (TPSA) is 109 Å². The molecule has 0 aliphatic carbocycles. The van der Waals surface area contributed by atoms with Crippen molar-refractivity contribution in [2.24, 2.45) is 5.92 Å². The second-order valence-electron chi connectivity index (χ2n) is 14.2. The summed E-state index contributed by atoms with van der Waals surface area (Å²) in [7, 11) is -1.80. The average Bonchev–Trinajstić information content (AvgIpc) is 3.72. The van der Waals surface area contributed by atoms with Crippen molar-refractivity contribution in [1.29, 1.82) is 0 Å². The van der Waals surface area contributed by atoms with Crippen LogP contribution in [0, 0.1) is 5.92 Å². The summed E-state index contributed by atoms with van der Waals surface area (Å²) in [5, 5.41) is 4.26. The Morgan fingerprint density at radius 2 is 1.42 bits per heavy atom. The first-order valence-corrected chi connectivity index (χ1v) is 22.6. The van der Waals surface area contributed by atoms with Crippen LogP contribution in [0.25, 0.3) is 17.5 Å². The van der Waals surface area contributed by atoms with Crippen LogP contribution in [0.3, 0.4) is 0 Å². The Labute approximate surface area is 356 Å². The molecule has 1 N–H and O–H groups in total. The van der Waals surface area contributed by atoms with Crippen LogP contribution in [0.2, 0.25) is 0 Å². The summed E-state index contributed by atoms with van der Waals surface area (Å²) in [5.41, 5.74) is 5.77. The van der Waals surface area contributed by atoms with Gasteiger partial charge in [-0.1, -0.05) is 131 Å². The number of allylic oxidation sites excluding steroid dienone is 5. The Hall–Kier alpha value is -5.22. The molecule has 59 heavy (non-hydrogen) atoms. The van der Waals surface area contributed by atoms with Crippen molar-refractivity contribution in [2.75, 3.05) is 36.5 Å². The lowest BCUT2D eigenvalue weighted by Gasteiger charge is -2.32. The fraction of sp³-hybridized carbons (Fsp3) is 0.408. The zero-order chi connectivity index (χ0) is 43.5. The summed E-state index contributed by atoms with van der Waals surface area (Å²) in [5.74, 6) is 0.582. The number of sulfonamides is 1. The monoisotopic (exact) mass is 824 g/mol. The van der Waals surface area contributed by atoms with Crippen LogP contribution in [0.4, 0.5) is 11.4 Å². The molecule has 3 aromatic carbocycles. The van der Waals surface area contributed by atoms with Gasteiger partial charge in [-0.15, -0.1) is 0 Å². The van der Waals surface area contributed by atoms with Gasteiger partial charge < -0.3 is 14.3 Å². The highest BCUT2D eigenvalue weighted by atomic mass is 32.2. The van der Waals surface area contributed by atoms with Gasteiger partial charge in [-0.2, -0.15) is 4.98 Å². The van der Waals surface area contributed by atoms with E-state index in [9.17, 15) is 13.2 Å². The fourth-order valence-electron chi connectivity index (χ4n) is 5.97. The standard InChI is InChI=1S/C43H55N5O4S.C4H8.C2H6/c1-6-17-38(18-7-2)53(50,51)46-41(49)25-14-26-42-44-43(45-52-42)37-27-28-39(47(5)32-29-34(3)4)40(33-37)48(30-15-23-35-19-10-8-11-20-35)31-16-24-36-21-12-9-13-22-36;1-3-4-2;1-2/h6,8-14,17-22,26-28,33-34H,7,15-16,23-25,29-32H2,1-5H3,(H,46,49);3-4H,1-2H3;1-2H3/b17-6-,26-14+,38-18+;4-3-;. The summed E-state index contributed by atoms with van der Waals surface area (Å²) in [4.78, 5) is 22.0. The van der Waals surface area contributed by atoms with E-state index in [1.165, 1.54) is 29.4 Å². The number of nitrogens with zero attached hydrogens (tertiary/aromatic N) is 4. The highest BCUT2D eigenvalue weighted by Gasteiger charge is 2.19. The van der Waals surface area contributed by atoms with Gasteiger partial charge in [0, 0.05) is 38.7 Å². The lowest BCUT2D eigenvalue weighted by Crippen LogP contribution is -2.30. The molecule has 0 aliphatic rings. The van der Waals surface area contributed by atoms with Gasteiger partial charge in [0.1, 0.15) is 0 Å². The lowest BCUT2D eigenvalue weighted by molar-refractivity contribution is -0.118. The average molecular weight is 824 g/mol. The Balaban J connectivity index is 0.00000188. The van der Waals surface area contributed by atoms with Crippen LogP contribution in [0.1, 0.15) is 105 Å². The van der Waals surface area contributed by atoms with Gasteiger partial charge in [0.2, 0.25) is 11.7 Å². The van der Waals surface area contributed by atoms with E-state index >= 15 is 0 Å². The predicted molar refractivity (Wildman–Crippen MR) is 250 cm³/mol. The minimum absolute atomic E-state index is 0.0591. The molecule has 4 rings (SSSR count). The molecule has 10 heteroatoms. The van der Waals surface area contributed by atoms with Crippen LogP contribution >= 0.6 is 0 Å². The molecule has 0 radical (unpaired) electrons. The van der Waals surface area contributed by atoms with Crippen LogP contribution in [0.5, 0.6) is 0 Å². The summed E-state index contributed by atoms with van der Waals surface area (Å²) in [6, 6.07) is 27.6. The quantitative estimate of drug-likeness (QED) is 0.0654. The number of carbonyl (C=O) groups is 1. The summed E-state index contributed by atoms with van der Waals surface area (Å²) < 4.78 is 32.9. The van der Waals surface area contributed by atoms with Crippen LogP contribution in [0.15, 0.2) is 125 Å². The molecule has 1 amide bonds. The number of nitrogens with one attached hydrogen (secondary N) is 1. The third-order valence-electron chi connectivity index (χ3n) is 9.13. The van der Waals surface area contributed by atoms with E-state index in [1.54, 1.807) is 19.1 Å². The molecule has 0 saturated carbocycles. The first-order valence-electron chi connectivity index (χ1n) is 21.2. The molecule has 320 valence electrons. The maximum absolute atomic E-state index is 12.6. The zero-order valence-corrected chi connectivity index (χ0v) is 37.8. The van der Waals surface area contributed by atoms with Gasteiger partial charge in [-0.3, -0.25) is 4.79 Å². The zero-order valence-electron chi connectivity index (χ0n) is 37.0. The molecular formula is C49H69N5O4S. The normalized spacial score (nSPS) is 11.7. The third-order valence-corrected chi connectivity index (χ3v) is 10.6. The van der Waals surface area contributed by atoms with E-state index in [0.717, 1.165) is 68.7 Å². The van der Waals surface area contributed by atoms with E-state index in [2.05, 4.69) is 118 Å². The molecule has 0 unspecified atom stereocenters. The highest BCUT2D eigenvalue weighted by molar-refractivity contribution is 7.94. The maximum Gasteiger partial charge on any atom is 0.263 e. The van der Waals surface area contributed by atoms with Crippen molar-refractivity contribution in [3.05, 3.63) is 137 Å². The molecule has 0 saturated heterocycles. The SMILES string of the molecule is C/C=C\C.C/C=C\C(=C/CC)S(=O)(=O)NC(=O)C/C=C/c1nc(-c2ccc(N(C)CCC(C)C)c(N(CCCc3ccccc3)CCCc3ccccc3)c2)no1.CC. The van der Waals surface area contributed by atoms with Crippen molar-refractivity contribution in [2.45, 2.75) is 100 Å². The molecule has 4 aromatic rings. The largest absolute Gasteiger partial charge is 0.373 e. The van der Waals surface area contributed by atoms with Gasteiger partial charge >= 0.3 is 0 Å². The number of amides is 1. The number of carbonyl (C=O) groups excluding carboxylic acids is 1. The van der Waals surface area contributed by atoms with E-state index in [1.807, 2.05) is 52.8 Å². The molecule has 9 nitrogen and oxygen atoms in total. The highest BCUT2D eigenvalue weighted by Crippen LogP contribution is 2.34. The van der Waals surface area contributed by atoms with Crippen molar-refractivity contribution < 1.29 is 17.7 Å². The van der Waals surface area contributed by atoms with Gasteiger partial charge in [-0.05, 0) is 107 Å². The van der Waals surface area contributed by atoms with Gasteiger partial charge in [0.15, 0.2) is 0 Å². The number of aryl methyl sites for hydroxylation is 2. The first-order chi connectivity index (χ1) is 28.5. The number of hydrogen-bond acceptors (Lipinski definition) is 8. The minimum Gasteiger partial charge on any atom is -0.373 e. The van der Waals surface area contributed by atoms with Crippen LogP contribution < -0.4 is 14.5 Å². The number of aromatic nitrogens is 2. The molecule has 0 bridgehead atoms. The Bertz CT molecular complexity index is 1950. The molecule has 0 fully saturated rings. The van der Waals surface area contributed by atoms with Crippen molar-refractivity contribution >= 4 is 33.4 Å². The van der Waals surface area contributed by atoms with E-state index < -0.39 is 15.9 Å². The Morgan fingerprint density at radius 3 is 1.95 bits per heavy atom. The Kier molecular flexibility index (Phi) is 23.9. The van der Waals surface area contributed by atoms with Crippen molar-refractivity contribution in [3.8, 4) is 11.4 Å². The van der Waals surface area contributed by atoms with Gasteiger partial charge in [-0.25, -0.2) is 13.1 Å². The molecule has 0 aliphatic heterocycles. The van der Waals surface area contributed by atoms with Crippen molar-refractivity contribution in [1.82, 2.24) is 14.9 Å². The summed E-state index contributed by atoms with van der Waals surface area (Å²) >= 11 is 0. The molecular weight excluding hydrogens is 755 g/mol. The van der Waals surface area contributed by atoms with Gasteiger partial charge in [0.05, 0.1) is 16.3 Å². The third kappa shape index (κ3) is 18.5. The number of anilines is 2. The fourth-order valence-corrected chi connectivity index (χ4v) is 7.17. The molecule has 1 aromatic heterocycles. The number of benzene rings is 3. The minimum atomic E-state index is -3.96. The number of hydrogen-bond donors (Lipinski definition) is 1. The maximum atomic E-state index is 12.6. The second-order valence-corrected chi connectivity index (χ2v) is 15.9. The smallest absolute Gasteiger partial charge is 0.263 e. The summed E-state index contributed by atoms with van der Waals surface area (Å²) in [6.45, 7) is 18.8. The molecule has 1 heterocycles. The van der Waals surface area contributed by atoms with E-state index in [-0.39, 0.29) is 17.2 Å². The van der Waals surface area contributed by atoms with Crippen molar-refractivity contribution in [3.63, 3.8) is 0 Å². The number of rotatable bonds is 21. The van der Waals surface area contributed by atoms with E-state index in [0.29, 0.717) is 18.2 Å².